The molecule has 3 aromatic carbocycles. The first-order valence-electron chi connectivity index (χ1n) is 11.5. The maximum absolute atomic E-state index is 13.8. The molecule has 3 aromatic rings. The van der Waals surface area contributed by atoms with Crippen molar-refractivity contribution in [2.45, 2.75) is 4.90 Å². The summed E-state index contributed by atoms with van der Waals surface area (Å²) in [4.78, 5) is 17.0. The zero-order chi connectivity index (χ0) is 26.6. The molecule has 1 fully saturated rings. The van der Waals surface area contributed by atoms with Crippen LogP contribution in [0.5, 0.6) is 11.5 Å². The number of methoxy groups -OCH3 is 2. The highest BCUT2D eigenvalue weighted by atomic mass is 35.5. The molecule has 1 amide bonds. The van der Waals surface area contributed by atoms with E-state index in [4.69, 9.17) is 21.1 Å². The van der Waals surface area contributed by atoms with Gasteiger partial charge in [0.25, 0.3) is 10.0 Å². The zero-order valence-electron chi connectivity index (χ0n) is 20.4. The first-order valence-corrected chi connectivity index (χ1v) is 13.3. The second-order valence-electron chi connectivity index (χ2n) is 8.35. The maximum atomic E-state index is 13.8. The monoisotopic (exact) mass is 547 g/mol. The van der Waals surface area contributed by atoms with Crippen molar-refractivity contribution >= 4 is 38.9 Å². The number of hydrogen-bond acceptors (Lipinski definition) is 6. The van der Waals surface area contributed by atoms with Crippen LogP contribution in [0, 0.1) is 5.82 Å². The Kier molecular flexibility index (Phi) is 8.09. The highest BCUT2D eigenvalue weighted by Gasteiger charge is 2.31. The summed E-state index contributed by atoms with van der Waals surface area (Å²) in [6.45, 7) is 1.50. The zero-order valence-corrected chi connectivity index (χ0v) is 22.0. The van der Waals surface area contributed by atoms with Crippen molar-refractivity contribution < 1.29 is 27.1 Å². The van der Waals surface area contributed by atoms with E-state index in [0.717, 1.165) is 9.99 Å². The molecule has 1 aliphatic heterocycles. The van der Waals surface area contributed by atoms with Gasteiger partial charge < -0.3 is 19.3 Å². The molecule has 0 atom stereocenters. The normalized spacial score (nSPS) is 13.8. The van der Waals surface area contributed by atoms with Gasteiger partial charge in [-0.15, -0.1) is 0 Å². The van der Waals surface area contributed by atoms with Crippen molar-refractivity contribution in [3.05, 3.63) is 77.6 Å². The molecule has 1 heterocycles. The number of ether oxygens (including phenoxy) is 2. The molecule has 0 saturated carbocycles. The first-order chi connectivity index (χ1) is 17.7. The van der Waals surface area contributed by atoms with Gasteiger partial charge in [0.2, 0.25) is 5.91 Å². The molecule has 1 aliphatic rings. The van der Waals surface area contributed by atoms with E-state index in [-0.39, 0.29) is 22.4 Å². The predicted octanol–water partition coefficient (Wildman–Crippen LogP) is 4.04. The van der Waals surface area contributed by atoms with Crippen LogP contribution >= 0.6 is 11.6 Å². The minimum Gasteiger partial charge on any atom is -0.493 e. The number of benzene rings is 3. The fraction of sp³-hybridized carbons (Fsp3) is 0.269. The molecule has 0 spiro atoms. The van der Waals surface area contributed by atoms with Gasteiger partial charge in [-0.25, -0.2) is 12.8 Å². The van der Waals surface area contributed by atoms with Crippen molar-refractivity contribution in [3.8, 4) is 11.5 Å². The lowest BCUT2D eigenvalue weighted by Crippen LogP contribution is -2.52. The molecule has 8 nitrogen and oxygen atoms in total. The van der Waals surface area contributed by atoms with Crippen molar-refractivity contribution in [2.75, 3.05) is 56.1 Å². The summed E-state index contributed by atoms with van der Waals surface area (Å²) in [5.74, 6) is -0.00855. The highest BCUT2D eigenvalue weighted by Crippen LogP contribution is 2.32. The smallest absolute Gasteiger partial charge is 0.264 e. The van der Waals surface area contributed by atoms with Gasteiger partial charge in [-0.05, 0) is 60.7 Å². The average Bonchev–Trinajstić information content (AvgIpc) is 2.92. The van der Waals surface area contributed by atoms with Gasteiger partial charge in [0.05, 0.1) is 24.8 Å². The second-order valence-corrected chi connectivity index (χ2v) is 10.6. The summed E-state index contributed by atoms with van der Waals surface area (Å²) in [6, 6.07) is 16.7. The fourth-order valence-electron chi connectivity index (χ4n) is 4.12. The van der Waals surface area contributed by atoms with Crippen LogP contribution in [0.1, 0.15) is 0 Å². The van der Waals surface area contributed by atoms with Crippen molar-refractivity contribution in [1.82, 2.24) is 4.90 Å². The molecule has 0 unspecified atom stereocenters. The van der Waals surface area contributed by atoms with Crippen LogP contribution in [0.3, 0.4) is 0 Å². The predicted molar refractivity (Wildman–Crippen MR) is 141 cm³/mol. The molecule has 4 rings (SSSR count). The summed E-state index contributed by atoms with van der Waals surface area (Å²) in [5, 5.41) is 0.440. The van der Waals surface area contributed by atoms with Gasteiger partial charge in [-0.3, -0.25) is 9.10 Å². The number of carbonyl (C=O) groups excluding carboxylic acids is 1. The third kappa shape index (κ3) is 5.91. The van der Waals surface area contributed by atoms with E-state index < -0.39 is 16.6 Å². The van der Waals surface area contributed by atoms with E-state index in [2.05, 4.69) is 4.90 Å². The molecule has 11 heteroatoms. The lowest BCUT2D eigenvalue weighted by molar-refractivity contribution is -0.129. The Balaban J connectivity index is 1.56. The number of hydrogen-bond donors (Lipinski definition) is 0. The topological polar surface area (TPSA) is 79.4 Å². The number of anilines is 2. The van der Waals surface area contributed by atoms with Crippen molar-refractivity contribution in [3.63, 3.8) is 0 Å². The van der Waals surface area contributed by atoms with Gasteiger partial charge in [-0.2, -0.15) is 0 Å². The Bertz CT molecular complexity index is 1350. The molecule has 1 saturated heterocycles. The molecule has 0 bridgehead atoms. The number of rotatable bonds is 8. The summed E-state index contributed by atoms with van der Waals surface area (Å²) in [6.07, 6.45) is 0. The quantitative estimate of drug-likeness (QED) is 0.423. The Hall–Kier alpha value is -3.50. The van der Waals surface area contributed by atoms with Crippen LogP contribution in [0.2, 0.25) is 5.02 Å². The van der Waals surface area contributed by atoms with E-state index in [9.17, 15) is 17.6 Å². The lowest BCUT2D eigenvalue weighted by Gasteiger charge is -2.37. The number of halogens is 2. The summed E-state index contributed by atoms with van der Waals surface area (Å²) in [7, 11) is -1.28. The van der Waals surface area contributed by atoms with E-state index in [0.29, 0.717) is 42.6 Å². The highest BCUT2D eigenvalue weighted by molar-refractivity contribution is 7.92. The van der Waals surface area contributed by atoms with Gasteiger partial charge >= 0.3 is 0 Å². The van der Waals surface area contributed by atoms with Crippen LogP contribution in [-0.4, -0.2) is 66.2 Å². The van der Waals surface area contributed by atoms with Crippen LogP contribution in [-0.2, 0) is 14.8 Å². The third-order valence-corrected chi connectivity index (χ3v) is 8.18. The molecule has 0 radical (unpaired) electrons. The molecular weight excluding hydrogens is 521 g/mol. The largest absolute Gasteiger partial charge is 0.493 e. The maximum Gasteiger partial charge on any atom is 0.264 e. The van der Waals surface area contributed by atoms with E-state index in [1.165, 1.54) is 44.6 Å². The van der Waals surface area contributed by atoms with Crippen LogP contribution < -0.4 is 18.7 Å². The molecule has 196 valence electrons. The minimum atomic E-state index is -4.15. The number of nitrogens with zero attached hydrogens (tertiary/aromatic N) is 3. The van der Waals surface area contributed by atoms with E-state index in [1.807, 2.05) is 0 Å². The fourth-order valence-corrected chi connectivity index (χ4v) is 5.67. The van der Waals surface area contributed by atoms with Crippen LogP contribution in [0.15, 0.2) is 71.6 Å². The number of piperazine rings is 1. The van der Waals surface area contributed by atoms with Crippen molar-refractivity contribution in [2.24, 2.45) is 0 Å². The number of amides is 1. The van der Waals surface area contributed by atoms with Gasteiger partial charge in [0.1, 0.15) is 12.4 Å². The van der Waals surface area contributed by atoms with Crippen LogP contribution in [0.4, 0.5) is 15.8 Å². The summed E-state index contributed by atoms with van der Waals surface area (Å²) in [5.41, 5.74) is 1.17. The number of carbonyl (C=O) groups is 1. The molecule has 0 aromatic heterocycles. The summed E-state index contributed by atoms with van der Waals surface area (Å²) < 4.78 is 52.3. The lowest BCUT2D eigenvalue weighted by atomic mass is 10.2. The second kappa shape index (κ2) is 11.3. The molecule has 37 heavy (non-hydrogen) atoms. The van der Waals surface area contributed by atoms with E-state index >= 15 is 0 Å². The molecular formula is C26H27ClFN3O5S. The van der Waals surface area contributed by atoms with Crippen molar-refractivity contribution in [1.29, 1.82) is 0 Å². The Morgan fingerprint density at radius 2 is 1.54 bits per heavy atom. The standard InChI is InChI=1S/C26H27ClFN3O5S/c1-35-24-12-11-23(17-25(24)36-2)37(33,34)31(22-7-3-19(27)4-8-22)18-26(32)30-15-13-29(14-16-30)21-9-5-20(28)6-10-21/h3-12,17H,13-16,18H2,1-2H3. The molecule has 0 N–H and O–H groups in total. The third-order valence-electron chi connectivity index (χ3n) is 6.16. The van der Waals surface area contributed by atoms with E-state index in [1.54, 1.807) is 41.3 Å². The molecule has 0 aliphatic carbocycles. The Labute approximate surface area is 220 Å². The van der Waals surface area contributed by atoms with Crippen LogP contribution in [0.25, 0.3) is 0 Å². The Morgan fingerprint density at radius 3 is 2.14 bits per heavy atom. The van der Waals surface area contributed by atoms with Gasteiger partial charge in [0.15, 0.2) is 11.5 Å². The van der Waals surface area contributed by atoms with Gasteiger partial charge in [0, 0.05) is 43.0 Å². The summed E-state index contributed by atoms with van der Waals surface area (Å²) >= 11 is 6.02. The first kappa shape index (κ1) is 26.6. The SMILES string of the molecule is COc1ccc(S(=O)(=O)N(CC(=O)N2CCN(c3ccc(F)cc3)CC2)c2ccc(Cl)cc2)cc1OC. The minimum absolute atomic E-state index is 0.0472. The Morgan fingerprint density at radius 1 is 0.919 bits per heavy atom. The van der Waals surface area contributed by atoms with Gasteiger partial charge in [-0.1, -0.05) is 11.6 Å². The average molecular weight is 548 g/mol. The number of sulfonamides is 1.